The van der Waals surface area contributed by atoms with Gasteiger partial charge < -0.3 is 10.6 Å². The van der Waals surface area contributed by atoms with Crippen molar-refractivity contribution >= 4 is 41.1 Å². The van der Waals surface area contributed by atoms with Crippen LogP contribution in [0.1, 0.15) is 27.4 Å². The highest BCUT2D eigenvalue weighted by molar-refractivity contribution is 6.42. The summed E-state index contributed by atoms with van der Waals surface area (Å²) in [7, 11) is 0. The van der Waals surface area contributed by atoms with Crippen molar-refractivity contribution in [2.24, 2.45) is 0 Å². The number of allylic oxidation sites excluding steroid dienone is 1. The number of benzene rings is 2. The highest BCUT2D eigenvalue weighted by Crippen LogP contribution is 2.38. The van der Waals surface area contributed by atoms with E-state index in [-0.39, 0.29) is 21.2 Å². The van der Waals surface area contributed by atoms with Crippen LogP contribution in [0.25, 0.3) is 6.08 Å². The summed E-state index contributed by atoms with van der Waals surface area (Å²) in [5, 5.41) is 3.86. The van der Waals surface area contributed by atoms with Crippen LogP contribution in [0.2, 0.25) is 10.0 Å². The number of hydrogen-bond donors (Lipinski definition) is 2. The molecule has 0 aliphatic carbocycles. The number of alkyl halides is 6. The average molecular weight is 513 g/mol. The zero-order chi connectivity index (χ0) is 24.8. The molecule has 2 aromatic rings. The average Bonchev–Trinajstić information content (AvgIpc) is 2.72. The molecule has 0 bridgehead atoms. The minimum atomic E-state index is -4.60. The molecule has 178 valence electrons. The molecule has 2 N–H and O–H groups in total. The van der Waals surface area contributed by atoms with Gasteiger partial charge in [0.2, 0.25) is 5.91 Å². The molecule has 33 heavy (non-hydrogen) atoms. The van der Waals surface area contributed by atoms with Crippen LogP contribution in [0.15, 0.2) is 48.5 Å². The molecule has 0 aromatic heterocycles. The number of nitrogens with one attached hydrogen (secondary N) is 2. The summed E-state index contributed by atoms with van der Waals surface area (Å²) in [5.41, 5.74) is 0.310. The normalized spacial score (nSPS) is 13.1. The smallest absolute Gasteiger partial charge is 0.345 e. The molecular formula is C21H16Cl2F6N2O2. The van der Waals surface area contributed by atoms with E-state index in [0.717, 1.165) is 12.1 Å². The summed E-state index contributed by atoms with van der Waals surface area (Å²) < 4.78 is 76.7. The van der Waals surface area contributed by atoms with Crippen LogP contribution in [-0.2, 0) is 4.79 Å². The van der Waals surface area contributed by atoms with E-state index in [0.29, 0.717) is 5.56 Å². The Morgan fingerprint density at radius 1 is 0.909 bits per heavy atom. The number of carbonyl (C=O) groups is 2. The van der Waals surface area contributed by atoms with E-state index in [9.17, 15) is 35.9 Å². The third-order valence-electron chi connectivity index (χ3n) is 4.20. The molecule has 2 aromatic carbocycles. The summed E-state index contributed by atoms with van der Waals surface area (Å²) in [6.45, 7) is -2.20. The van der Waals surface area contributed by atoms with Crippen LogP contribution < -0.4 is 10.6 Å². The number of hydrogen-bond acceptors (Lipinski definition) is 2. The molecule has 12 heteroatoms. The molecule has 0 aliphatic rings. The van der Waals surface area contributed by atoms with Gasteiger partial charge in [-0.05, 0) is 35.4 Å². The van der Waals surface area contributed by atoms with Gasteiger partial charge in [-0.1, -0.05) is 53.6 Å². The zero-order valence-corrected chi connectivity index (χ0v) is 18.0. The fourth-order valence-corrected chi connectivity index (χ4v) is 2.90. The van der Waals surface area contributed by atoms with Gasteiger partial charge in [-0.3, -0.25) is 9.59 Å². The van der Waals surface area contributed by atoms with Crippen molar-refractivity contribution in [1.82, 2.24) is 10.6 Å². The molecule has 2 rings (SSSR count). The van der Waals surface area contributed by atoms with Crippen molar-refractivity contribution in [3.05, 3.63) is 75.3 Å². The van der Waals surface area contributed by atoms with Crippen molar-refractivity contribution in [3.63, 3.8) is 0 Å². The van der Waals surface area contributed by atoms with Crippen LogP contribution in [0.5, 0.6) is 0 Å². The Balaban J connectivity index is 2.03. The van der Waals surface area contributed by atoms with Crippen molar-refractivity contribution < 1.29 is 35.9 Å². The van der Waals surface area contributed by atoms with Gasteiger partial charge in [-0.25, -0.2) is 0 Å². The number of amides is 2. The summed E-state index contributed by atoms with van der Waals surface area (Å²) in [4.78, 5) is 23.3. The lowest BCUT2D eigenvalue weighted by atomic mass is 9.97. The predicted octanol–water partition coefficient (Wildman–Crippen LogP) is 5.76. The van der Waals surface area contributed by atoms with E-state index < -0.39 is 43.2 Å². The van der Waals surface area contributed by atoms with Crippen LogP contribution in [0, 0.1) is 0 Å². The quantitative estimate of drug-likeness (QED) is 0.463. The highest BCUT2D eigenvalue weighted by atomic mass is 35.5. The van der Waals surface area contributed by atoms with Crippen molar-refractivity contribution in [2.45, 2.75) is 18.3 Å². The highest BCUT2D eigenvalue weighted by Gasteiger charge is 2.39. The predicted molar refractivity (Wildman–Crippen MR) is 112 cm³/mol. The van der Waals surface area contributed by atoms with Gasteiger partial charge in [0, 0.05) is 5.56 Å². The second-order valence-corrected chi connectivity index (χ2v) is 7.56. The van der Waals surface area contributed by atoms with E-state index in [1.807, 2.05) is 0 Å². The largest absolute Gasteiger partial charge is 0.405 e. The molecule has 0 heterocycles. The number of halogens is 8. The molecule has 2 amide bonds. The van der Waals surface area contributed by atoms with Gasteiger partial charge in [-0.15, -0.1) is 0 Å². The lowest BCUT2D eigenvalue weighted by Gasteiger charge is -2.18. The first-order valence-electron chi connectivity index (χ1n) is 9.18. The van der Waals surface area contributed by atoms with E-state index >= 15 is 0 Å². The first-order valence-corrected chi connectivity index (χ1v) is 9.93. The Bertz CT molecular complexity index is 1020. The Morgan fingerprint density at radius 3 is 2.09 bits per heavy atom. The van der Waals surface area contributed by atoms with Crippen LogP contribution in [0.3, 0.4) is 0 Å². The van der Waals surface area contributed by atoms with Crippen LogP contribution in [-0.4, -0.2) is 37.3 Å². The van der Waals surface area contributed by atoms with E-state index in [1.54, 1.807) is 5.32 Å². The van der Waals surface area contributed by atoms with Crippen molar-refractivity contribution in [3.8, 4) is 0 Å². The standard InChI is InChI=1S/C21H16Cl2F6N2O2/c22-16-8-6-14(9-17(16)23)15(21(27,28)29)7-3-12-1-4-13(5-2-12)19(33)30-10-18(32)31-11-20(24,25)26/h1-9,15H,10-11H2,(H,30,33)(H,31,32)/b7-3+. The molecule has 0 spiro atoms. The first kappa shape index (κ1) is 26.5. The van der Waals surface area contributed by atoms with Crippen molar-refractivity contribution in [1.29, 1.82) is 0 Å². The lowest BCUT2D eigenvalue weighted by molar-refractivity contribution is -0.139. The topological polar surface area (TPSA) is 58.2 Å². The SMILES string of the molecule is O=C(CNC(=O)c1ccc(/C=C/C(c2ccc(Cl)c(Cl)c2)C(F)(F)F)cc1)NCC(F)(F)F. The monoisotopic (exact) mass is 512 g/mol. The molecule has 1 atom stereocenters. The zero-order valence-electron chi connectivity index (χ0n) is 16.5. The number of carbonyl (C=O) groups excluding carboxylic acids is 2. The van der Waals surface area contributed by atoms with Gasteiger partial charge in [0.25, 0.3) is 5.91 Å². The van der Waals surface area contributed by atoms with Crippen LogP contribution >= 0.6 is 23.2 Å². The fraction of sp³-hybridized carbons (Fsp3) is 0.238. The molecule has 4 nitrogen and oxygen atoms in total. The summed E-state index contributed by atoms with van der Waals surface area (Å²) in [6.07, 6.45) is -7.03. The second kappa shape index (κ2) is 10.9. The molecule has 0 saturated carbocycles. The number of rotatable bonds is 7. The summed E-state index contributed by atoms with van der Waals surface area (Å²) in [5.74, 6) is -3.72. The van der Waals surface area contributed by atoms with Crippen molar-refractivity contribution in [2.75, 3.05) is 13.1 Å². The lowest BCUT2D eigenvalue weighted by Crippen LogP contribution is -2.40. The summed E-state index contributed by atoms with van der Waals surface area (Å²) in [6, 6.07) is 8.95. The van der Waals surface area contributed by atoms with E-state index in [4.69, 9.17) is 23.2 Å². The van der Waals surface area contributed by atoms with Gasteiger partial charge in [-0.2, -0.15) is 26.3 Å². The van der Waals surface area contributed by atoms with Crippen LogP contribution in [0.4, 0.5) is 26.3 Å². The Morgan fingerprint density at radius 2 is 1.55 bits per heavy atom. The molecule has 1 unspecified atom stereocenters. The maximum absolute atomic E-state index is 13.5. The summed E-state index contributed by atoms with van der Waals surface area (Å²) >= 11 is 11.6. The van der Waals surface area contributed by atoms with Gasteiger partial charge >= 0.3 is 12.4 Å². The maximum Gasteiger partial charge on any atom is 0.405 e. The van der Waals surface area contributed by atoms with E-state index in [1.165, 1.54) is 42.5 Å². The molecule has 0 saturated heterocycles. The van der Waals surface area contributed by atoms with Gasteiger partial charge in [0.05, 0.1) is 22.5 Å². The minimum Gasteiger partial charge on any atom is -0.345 e. The molecule has 0 aliphatic heterocycles. The van der Waals surface area contributed by atoms with Gasteiger partial charge in [0.1, 0.15) is 6.54 Å². The van der Waals surface area contributed by atoms with E-state index in [2.05, 4.69) is 5.32 Å². The van der Waals surface area contributed by atoms with Gasteiger partial charge in [0.15, 0.2) is 0 Å². The minimum absolute atomic E-state index is 0.0146. The molecule has 0 fully saturated rings. The Kier molecular flexibility index (Phi) is 8.79. The molecular weight excluding hydrogens is 497 g/mol. The maximum atomic E-state index is 13.5. The Hall–Kier alpha value is -2.72. The third kappa shape index (κ3) is 8.62. The third-order valence-corrected chi connectivity index (χ3v) is 4.94. The molecule has 0 radical (unpaired) electrons. The fourth-order valence-electron chi connectivity index (χ4n) is 2.59. The second-order valence-electron chi connectivity index (χ2n) is 6.75. The Labute approximate surface area is 194 Å². The first-order chi connectivity index (χ1) is 15.3.